The lowest BCUT2D eigenvalue weighted by Gasteiger charge is -2.34. The number of nitrogens with two attached hydrogens (primary N) is 2. The average Bonchev–Trinajstić information content (AvgIpc) is 2.42. The molecule has 1 atom stereocenters. The first-order chi connectivity index (χ1) is 9.15. The molecule has 1 aliphatic carbocycles. The number of hydrazine groups is 1. The van der Waals surface area contributed by atoms with Gasteiger partial charge in [-0.3, -0.25) is 11.3 Å². The maximum atomic E-state index is 6.08. The summed E-state index contributed by atoms with van der Waals surface area (Å²) in [4.78, 5) is 0. The molecule has 0 amide bonds. The van der Waals surface area contributed by atoms with Gasteiger partial charge in [0, 0.05) is 10.7 Å². The highest BCUT2D eigenvalue weighted by atomic mass is 35.5. The molecule has 106 valence electrons. The van der Waals surface area contributed by atoms with Crippen LogP contribution in [0.5, 0.6) is 0 Å². The van der Waals surface area contributed by atoms with Crippen LogP contribution in [0.3, 0.4) is 0 Å². The molecule has 1 aromatic carbocycles. The molecule has 1 aromatic rings. The molecule has 1 unspecified atom stereocenters. The molecule has 0 radical (unpaired) electrons. The van der Waals surface area contributed by atoms with Crippen molar-refractivity contribution in [1.29, 1.82) is 0 Å². The molecular weight excluding hydrogens is 258 g/mol. The topological polar surface area (TPSA) is 64.1 Å². The normalized spacial score (nSPS) is 25.2. The first-order valence-electron chi connectivity index (χ1n) is 7.16. The zero-order valence-corrected chi connectivity index (χ0v) is 12.3. The zero-order valence-electron chi connectivity index (χ0n) is 11.5. The van der Waals surface area contributed by atoms with E-state index in [2.05, 4.69) is 12.3 Å². The lowest BCUT2D eigenvalue weighted by molar-refractivity contribution is 0.220. The third kappa shape index (κ3) is 3.41. The van der Waals surface area contributed by atoms with E-state index in [1.165, 1.54) is 32.1 Å². The van der Waals surface area contributed by atoms with Crippen LogP contribution in [0.25, 0.3) is 0 Å². The molecule has 5 N–H and O–H groups in total. The predicted molar refractivity (Wildman–Crippen MR) is 81.7 cm³/mol. The van der Waals surface area contributed by atoms with Crippen molar-refractivity contribution in [1.82, 2.24) is 5.43 Å². The number of rotatable bonds is 4. The van der Waals surface area contributed by atoms with E-state index < -0.39 is 0 Å². The molecule has 0 aromatic heterocycles. The van der Waals surface area contributed by atoms with Gasteiger partial charge in [0.05, 0.1) is 6.04 Å². The molecule has 1 saturated carbocycles. The van der Waals surface area contributed by atoms with Crippen LogP contribution in [0.4, 0.5) is 5.69 Å². The lowest BCUT2D eigenvalue weighted by atomic mass is 9.76. The third-order valence-electron chi connectivity index (χ3n) is 4.50. The summed E-state index contributed by atoms with van der Waals surface area (Å²) in [7, 11) is 0. The second-order valence-electron chi connectivity index (χ2n) is 5.61. The van der Waals surface area contributed by atoms with E-state index in [0.717, 1.165) is 17.2 Å². The number of nitrogen functional groups attached to an aromatic ring is 1. The maximum absolute atomic E-state index is 6.08. The maximum Gasteiger partial charge on any atom is 0.0508 e. The Morgan fingerprint density at radius 3 is 2.53 bits per heavy atom. The van der Waals surface area contributed by atoms with Gasteiger partial charge in [0.2, 0.25) is 0 Å². The molecule has 0 spiro atoms. The molecule has 0 aliphatic heterocycles. The van der Waals surface area contributed by atoms with Gasteiger partial charge in [0.15, 0.2) is 0 Å². The minimum absolute atomic E-state index is 0.134. The molecule has 1 fully saturated rings. The number of anilines is 1. The first kappa shape index (κ1) is 14.6. The number of hydrogen-bond donors (Lipinski definition) is 3. The summed E-state index contributed by atoms with van der Waals surface area (Å²) < 4.78 is 0. The Hall–Kier alpha value is -0.770. The highest BCUT2D eigenvalue weighted by molar-refractivity contribution is 6.30. The summed E-state index contributed by atoms with van der Waals surface area (Å²) in [5.74, 6) is 7.22. The molecule has 0 heterocycles. The highest BCUT2D eigenvalue weighted by Gasteiger charge is 2.28. The average molecular weight is 282 g/mol. The number of halogens is 1. The van der Waals surface area contributed by atoms with Gasteiger partial charge < -0.3 is 5.73 Å². The van der Waals surface area contributed by atoms with Crippen LogP contribution in [-0.4, -0.2) is 0 Å². The van der Waals surface area contributed by atoms with Crippen molar-refractivity contribution in [3.8, 4) is 0 Å². The Balaban J connectivity index is 2.12. The zero-order chi connectivity index (χ0) is 13.8. The van der Waals surface area contributed by atoms with Gasteiger partial charge in [-0.2, -0.15) is 0 Å². The van der Waals surface area contributed by atoms with Crippen LogP contribution in [0.15, 0.2) is 18.2 Å². The van der Waals surface area contributed by atoms with E-state index in [4.69, 9.17) is 23.2 Å². The Labute approximate surface area is 120 Å². The lowest BCUT2D eigenvalue weighted by Crippen LogP contribution is -2.35. The predicted octanol–water partition coefficient (Wildman–Crippen LogP) is 3.64. The third-order valence-corrected chi connectivity index (χ3v) is 4.74. The molecule has 0 bridgehead atoms. The largest absolute Gasteiger partial charge is 0.398 e. The van der Waals surface area contributed by atoms with Crippen LogP contribution in [0, 0.1) is 11.8 Å². The number of hydrogen-bond acceptors (Lipinski definition) is 3. The van der Waals surface area contributed by atoms with Gasteiger partial charge >= 0.3 is 0 Å². The second kappa shape index (κ2) is 6.60. The van der Waals surface area contributed by atoms with E-state index in [9.17, 15) is 0 Å². The van der Waals surface area contributed by atoms with Crippen LogP contribution < -0.4 is 17.0 Å². The van der Waals surface area contributed by atoms with Gasteiger partial charge in [-0.25, -0.2) is 0 Å². The summed E-state index contributed by atoms with van der Waals surface area (Å²) in [6.45, 7) is 2.28. The Bertz CT molecular complexity index is 414. The van der Waals surface area contributed by atoms with Gasteiger partial charge in [-0.05, 0) is 42.4 Å². The number of benzene rings is 1. The highest BCUT2D eigenvalue weighted by Crippen LogP contribution is 2.39. The smallest absolute Gasteiger partial charge is 0.0508 e. The molecular formula is C15H24ClN3. The SMILES string of the molecule is CCC1CCC(C(NN)c2ccc(Cl)cc2N)CC1. The summed E-state index contributed by atoms with van der Waals surface area (Å²) in [6, 6.07) is 5.82. The minimum atomic E-state index is 0.134. The quantitative estimate of drug-likeness (QED) is 0.448. The van der Waals surface area contributed by atoms with Crippen molar-refractivity contribution in [2.75, 3.05) is 5.73 Å². The Morgan fingerprint density at radius 1 is 1.32 bits per heavy atom. The molecule has 3 nitrogen and oxygen atoms in total. The Morgan fingerprint density at radius 2 is 2.00 bits per heavy atom. The van der Waals surface area contributed by atoms with E-state index in [1.807, 2.05) is 12.1 Å². The summed E-state index contributed by atoms with van der Waals surface area (Å²) in [5, 5.41) is 0.673. The van der Waals surface area contributed by atoms with Gasteiger partial charge in [0.1, 0.15) is 0 Å². The van der Waals surface area contributed by atoms with Crippen molar-refractivity contribution >= 4 is 17.3 Å². The van der Waals surface area contributed by atoms with E-state index in [1.54, 1.807) is 6.07 Å². The van der Waals surface area contributed by atoms with Crippen molar-refractivity contribution in [3.05, 3.63) is 28.8 Å². The second-order valence-corrected chi connectivity index (χ2v) is 6.04. The van der Waals surface area contributed by atoms with Gasteiger partial charge in [-0.1, -0.05) is 43.9 Å². The van der Waals surface area contributed by atoms with Crippen LogP contribution in [-0.2, 0) is 0 Å². The van der Waals surface area contributed by atoms with Crippen molar-refractivity contribution in [3.63, 3.8) is 0 Å². The molecule has 0 saturated heterocycles. The van der Waals surface area contributed by atoms with E-state index in [-0.39, 0.29) is 6.04 Å². The Kier molecular flexibility index (Phi) is 5.08. The first-order valence-corrected chi connectivity index (χ1v) is 7.54. The van der Waals surface area contributed by atoms with Crippen LogP contribution >= 0.6 is 11.6 Å². The van der Waals surface area contributed by atoms with E-state index in [0.29, 0.717) is 10.9 Å². The number of nitrogens with one attached hydrogen (secondary N) is 1. The van der Waals surface area contributed by atoms with Crippen LogP contribution in [0.2, 0.25) is 5.02 Å². The van der Waals surface area contributed by atoms with Crippen LogP contribution in [0.1, 0.15) is 50.6 Å². The van der Waals surface area contributed by atoms with Crippen molar-refractivity contribution in [2.24, 2.45) is 17.7 Å². The van der Waals surface area contributed by atoms with Gasteiger partial charge in [-0.15, -0.1) is 0 Å². The molecule has 2 rings (SSSR count). The van der Waals surface area contributed by atoms with Crippen molar-refractivity contribution < 1.29 is 0 Å². The van der Waals surface area contributed by atoms with Gasteiger partial charge in [0.25, 0.3) is 0 Å². The molecule has 1 aliphatic rings. The fraction of sp³-hybridized carbons (Fsp3) is 0.600. The fourth-order valence-corrected chi connectivity index (χ4v) is 3.42. The standard InChI is InChI=1S/C15H24ClN3/c1-2-10-3-5-11(6-4-10)15(19-18)13-8-7-12(16)9-14(13)17/h7-11,15,19H,2-6,17-18H2,1H3. The minimum Gasteiger partial charge on any atom is -0.398 e. The summed E-state index contributed by atoms with van der Waals surface area (Å²) in [5.41, 5.74) is 10.8. The monoisotopic (exact) mass is 281 g/mol. The summed E-state index contributed by atoms with van der Waals surface area (Å²) in [6.07, 6.45) is 6.32. The van der Waals surface area contributed by atoms with E-state index >= 15 is 0 Å². The fourth-order valence-electron chi connectivity index (χ4n) is 3.24. The van der Waals surface area contributed by atoms with Crippen molar-refractivity contribution in [2.45, 2.75) is 45.1 Å². The summed E-state index contributed by atoms with van der Waals surface area (Å²) >= 11 is 5.96. The molecule has 4 heteroatoms. The molecule has 19 heavy (non-hydrogen) atoms.